The standard InChI is InChI=1S/C17H20F2N6O3S/c1-4-17(5-2)13(27)25(16(28)23-17)8-10(26)22-15-21-9(3)11(29-15)12-20-6-7-24(12)14(18)19/h6-7,14H,4-5,8H2,1-3H3,(H,23,28)(H,21,22,26). The van der Waals surface area contributed by atoms with E-state index in [1.807, 2.05) is 0 Å². The molecule has 0 bridgehead atoms. The van der Waals surface area contributed by atoms with Crippen molar-refractivity contribution < 1.29 is 23.2 Å². The minimum absolute atomic E-state index is 0.0419. The van der Waals surface area contributed by atoms with Gasteiger partial charge < -0.3 is 10.6 Å². The number of imidazole rings is 1. The van der Waals surface area contributed by atoms with Gasteiger partial charge in [0.2, 0.25) is 5.91 Å². The van der Waals surface area contributed by atoms with Gasteiger partial charge in [-0.25, -0.2) is 14.8 Å². The van der Waals surface area contributed by atoms with E-state index in [9.17, 15) is 23.2 Å². The average Bonchev–Trinajstić information content (AvgIpc) is 3.34. The van der Waals surface area contributed by atoms with Crippen LogP contribution >= 0.6 is 11.3 Å². The van der Waals surface area contributed by atoms with E-state index >= 15 is 0 Å². The third kappa shape index (κ3) is 3.71. The molecule has 2 aromatic heterocycles. The summed E-state index contributed by atoms with van der Waals surface area (Å²) in [6.45, 7) is 1.96. The Hall–Kier alpha value is -2.89. The first-order valence-electron chi connectivity index (χ1n) is 8.95. The highest BCUT2D eigenvalue weighted by atomic mass is 32.1. The summed E-state index contributed by atoms with van der Waals surface area (Å²) < 4.78 is 26.9. The SMILES string of the molecule is CCC1(CC)NC(=O)N(CC(=O)Nc2nc(C)c(-c3nccn3C(F)F)s2)C1=O. The number of halogens is 2. The number of nitrogens with zero attached hydrogens (tertiary/aromatic N) is 4. The lowest BCUT2D eigenvalue weighted by molar-refractivity contribution is -0.134. The monoisotopic (exact) mass is 426 g/mol. The highest BCUT2D eigenvalue weighted by Gasteiger charge is 2.49. The smallest absolute Gasteiger partial charge is 0.323 e. The minimum Gasteiger partial charge on any atom is -0.323 e. The van der Waals surface area contributed by atoms with E-state index in [0.29, 0.717) is 28.0 Å². The number of thiazole rings is 1. The zero-order valence-electron chi connectivity index (χ0n) is 16.0. The molecule has 3 heterocycles. The molecule has 1 aliphatic heterocycles. The lowest BCUT2D eigenvalue weighted by Crippen LogP contribution is -2.46. The lowest BCUT2D eigenvalue weighted by Gasteiger charge is -2.22. The van der Waals surface area contributed by atoms with Gasteiger partial charge in [-0.15, -0.1) is 0 Å². The van der Waals surface area contributed by atoms with E-state index in [2.05, 4.69) is 20.6 Å². The molecule has 0 unspecified atom stereocenters. The summed E-state index contributed by atoms with van der Waals surface area (Å²) >= 11 is 0.982. The van der Waals surface area contributed by atoms with Gasteiger partial charge >= 0.3 is 12.6 Å². The lowest BCUT2D eigenvalue weighted by atomic mass is 9.93. The van der Waals surface area contributed by atoms with E-state index in [1.54, 1.807) is 20.8 Å². The van der Waals surface area contributed by atoms with Crippen molar-refractivity contribution in [2.75, 3.05) is 11.9 Å². The third-order valence-electron chi connectivity index (χ3n) is 4.88. The van der Waals surface area contributed by atoms with Crippen molar-refractivity contribution in [1.29, 1.82) is 0 Å². The number of carbonyl (C=O) groups excluding carboxylic acids is 3. The van der Waals surface area contributed by atoms with Crippen molar-refractivity contribution in [2.45, 2.75) is 45.7 Å². The van der Waals surface area contributed by atoms with Crippen molar-refractivity contribution in [2.24, 2.45) is 0 Å². The highest BCUT2D eigenvalue weighted by molar-refractivity contribution is 7.19. The number of urea groups is 1. The Bertz CT molecular complexity index is 953. The molecule has 2 aromatic rings. The van der Waals surface area contributed by atoms with E-state index in [1.165, 1.54) is 6.20 Å². The van der Waals surface area contributed by atoms with Crippen molar-refractivity contribution in [1.82, 2.24) is 24.8 Å². The summed E-state index contributed by atoms with van der Waals surface area (Å²) in [5.74, 6) is -1.02. The zero-order valence-corrected chi connectivity index (χ0v) is 16.8. The maximum atomic E-state index is 13.1. The molecular formula is C17H20F2N6O3S. The molecule has 2 N–H and O–H groups in total. The van der Waals surface area contributed by atoms with Crippen LogP contribution in [-0.2, 0) is 9.59 Å². The van der Waals surface area contributed by atoms with Crippen LogP contribution in [0.1, 0.15) is 38.9 Å². The molecule has 0 radical (unpaired) electrons. The number of hydrogen-bond donors (Lipinski definition) is 2. The number of rotatable bonds is 7. The Morgan fingerprint density at radius 2 is 2.03 bits per heavy atom. The second kappa shape index (κ2) is 7.85. The van der Waals surface area contributed by atoms with Crippen LogP contribution in [0.3, 0.4) is 0 Å². The molecule has 156 valence electrons. The second-order valence-electron chi connectivity index (χ2n) is 6.53. The van der Waals surface area contributed by atoms with Crippen LogP contribution in [0.25, 0.3) is 10.7 Å². The first-order chi connectivity index (χ1) is 13.7. The highest BCUT2D eigenvalue weighted by Crippen LogP contribution is 2.33. The third-order valence-corrected chi connectivity index (χ3v) is 5.95. The first-order valence-corrected chi connectivity index (χ1v) is 9.76. The summed E-state index contributed by atoms with van der Waals surface area (Å²) in [7, 11) is 0. The molecule has 0 atom stereocenters. The minimum atomic E-state index is -2.76. The van der Waals surface area contributed by atoms with Gasteiger partial charge in [-0.2, -0.15) is 8.78 Å². The first kappa shape index (κ1) is 20.8. The van der Waals surface area contributed by atoms with Crippen molar-refractivity contribution >= 4 is 34.3 Å². The number of aromatic nitrogens is 3. The van der Waals surface area contributed by atoms with Crippen LogP contribution in [0.5, 0.6) is 0 Å². The van der Waals surface area contributed by atoms with E-state index < -0.39 is 36.5 Å². The summed E-state index contributed by atoms with van der Waals surface area (Å²) in [6, 6.07) is -0.621. The van der Waals surface area contributed by atoms with E-state index in [0.717, 1.165) is 22.4 Å². The molecule has 1 fully saturated rings. The topological polar surface area (TPSA) is 109 Å². The zero-order chi connectivity index (χ0) is 21.3. The predicted molar refractivity (Wildman–Crippen MR) is 102 cm³/mol. The maximum Gasteiger partial charge on any atom is 0.325 e. The Labute approximate surface area is 169 Å². The molecule has 3 rings (SSSR count). The van der Waals surface area contributed by atoms with Gasteiger partial charge in [-0.3, -0.25) is 19.1 Å². The van der Waals surface area contributed by atoms with Crippen molar-refractivity contribution in [3.63, 3.8) is 0 Å². The fourth-order valence-corrected chi connectivity index (χ4v) is 4.14. The molecule has 0 spiro atoms. The number of imide groups is 1. The van der Waals surface area contributed by atoms with E-state index in [4.69, 9.17) is 0 Å². The van der Waals surface area contributed by atoms with Gasteiger partial charge in [-0.1, -0.05) is 25.2 Å². The Morgan fingerprint density at radius 1 is 1.34 bits per heavy atom. The van der Waals surface area contributed by atoms with Crippen LogP contribution in [-0.4, -0.2) is 49.4 Å². The van der Waals surface area contributed by atoms with Crippen LogP contribution in [0.2, 0.25) is 0 Å². The summed E-state index contributed by atoms with van der Waals surface area (Å²) in [5.41, 5.74) is -0.571. The molecule has 0 saturated carbocycles. The summed E-state index contributed by atoms with van der Waals surface area (Å²) in [6.07, 6.45) is 3.24. The molecule has 12 heteroatoms. The molecule has 1 saturated heterocycles. The second-order valence-corrected chi connectivity index (χ2v) is 7.53. The molecule has 0 aromatic carbocycles. The molecule has 1 aliphatic rings. The Kier molecular flexibility index (Phi) is 5.64. The van der Waals surface area contributed by atoms with Gasteiger partial charge in [0.15, 0.2) is 11.0 Å². The predicted octanol–water partition coefficient (Wildman–Crippen LogP) is 2.76. The Morgan fingerprint density at radius 3 is 2.62 bits per heavy atom. The fraction of sp³-hybridized carbons (Fsp3) is 0.471. The average molecular weight is 426 g/mol. The molecule has 29 heavy (non-hydrogen) atoms. The molecular weight excluding hydrogens is 406 g/mol. The van der Waals surface area contributed by atoms with Crippen molar-refractivity contribution in [3.05, 3.63) is 18.1 Å². The maximum absolute atomic E-state index is 13.1. The summed E-state index contributed by atoms with van der Waals surface area (Å²) in [4.78, 5) is 46.4. The van der Waals surface area contributed by atoms with E-state index in [-0.39, 0.29) is 11.0 Å². The van der Waals surface area contributed by atoms with Gasteiger partial charge in [0, 0.05) is 12.4 Å². The van der Waals surface area contributed by atoms with Gasteiger partial charge in [0.05, 0.1) is 10.6 Å². The number of aryl methyl sites for hydroxylation is 1. The summed E-state index contributed by atoms with van der Waals surface area (Å²) in [5, 5.41) is 5.32. The van der Waals surface area contributed by atoms with Gasteiger partial charge in [0.1, 0.15) is 12.1 Å². The molecule has 9 nitrogen and oxygen atoms in total. The largest absolute Gasteiger partial charge is 0.325 e. The number of amides is 4. The number of nitrogens with one attached hydrogen (secondary N) is 2. The Balaban J connectivity index is 1.73. The number of hydrogen-bond acceptors (Lipinski definition) is 6. The van der Waals surface area contributed by atoms with Crippen molar-refractivity contribution in [3.8, 4) is 10.7 Å². The van der Waals surface area contributed by atoms with Crippen LogP contribution in [0, 0.1) is 6.92 Å². The quantitative estimate of drug-likeness (QED) is 0.662. The van der Waals surface area contributed by atoms with Crippen LogP contribution in [0.4, 0.5) is 18.7 Å². The van der Waals surface area contributed by atoms with Crippen LogP contribution in [0.15, 0.2) is 12.4 Å². The number of carbonyl (C=O) groups is 3. The normalized spacial score (nSPS) is 15.9. The number of anilines is 1. The van der Waals surface area contributed by atoms with Crippen LogP contribution < -0.4 is 10.6 Å². The van der Waals surface area contributed by atoms with Gasteiger partial charge in [-0.05, 0) is 19.8 Å². The fourth-order valence-electron chi connectivity index (χ4n) is 3.16. The molecule has 4 amide bonds. The molecule has 0 aliphatic carbocycles. The van der Waals surface area contributed by atoms with Gasteiger partial charge in [0.25, 0.3) is 5.91 Å². The number of alkyl halides is 2.